The maximum Gasteiger partial charge on any atom is 0.225 e. The second kappa shape index (κ2) is 4.08. The average molecular weight is 240 g/mol. The van der Waals surface area contributed by atoms with Crippen molar-refractivity contribution in [1.29, 1.82) is 0 Å². The molecular weight excluding hydrogens is 232 g/mol. The molecule has 0 amide bonds. The largest absolute Gasteiger partial charge is 0.480 e. The van der Waals surface area contributed by atoms with Crippen LogP contribution in [0.4, 0.5) is 0 Å². The zero-order valence-electron chi connectivity index (χ0n) is 8.18. The van der Waals surface area contributed by atoms with Crippen molar-refractivity contribution in [1.82, 2.24) is 9.36 Å². The third kappa shape index (κ3) is 2.05. The van der Waals surface area contributed by atoms with Gasteiger partial charge < -0.3 is 4.74 Å². The van der Waals surface area contributed by atoms with Crippen molar-refractivity contribution in [2.45, 2.75) is 6.92 Å². The standard InChI is InChI=1S/C9H8N2O2S2/c1-5-10-6(4-14-5)9(12)7-3-8(13-2)11-15-7/h3-4H,1-2H3. The van der Waals surface area contributed by atoms with Crippen LogP contribution < -0.4 is 4.74 Å². The number of aromatic nitrogens is 2. The van der Waals surface area contributed by atoms with Crippen LogP contribution in [0.3, 0.4) is 0 Å². The van der Waals surface area contributed by atoms with Crippen molar-refractivity contribution in [3.05, 3.63) is 27.0 Å². The minimum Gasteiger partial charge on any atom is -0.480 e. The first-order valence-corrected chi connectivity index (χ1v) is 5.83. The van der Waals surface area contributed by atoms with E-state index in [1.807, 2.05) is 6.92 Å². The Morgan fingerprint density at radius 1 is 1.53 bits per heavy atom. The van der Waals surface area contributed by atoms with E-state index in [1.54, 1.807) is 11.4 Å². The molecule has 0 saturated carbocycles. The number of aryl methyl sites for hydroxylation is 1. The molecule has 4 nitrogen and oxygen atoms in total. The van der Waals surface area contributed by atoms with Gasteiger partial charge in [0, 0.05) is 11.4 Å². The van der Waals surface area contributed by atoms with Gasteiger partial charge in [-0.05, 0) is 18.5 Å². The van der Waals surface area contributed by atoms with Crippen LogP contribution in [0.5, 0.6) is 5.88 Å². The Kier molecular flexibility index (Phi) is 2.79. The third-order valence-electron chi connectivity index (χ3n) is 1.77. The van der Waals surface area contributed by atoms with Crippen molar-refractivity contribution in [2.75, 3.05) is 7.11 Å². The number of carbonyl (C=O) groups excluding carboxylic acids is 1. The number of rotatable bonds is 3. The second-order valence-electron chi connectivity index (χ2n) is 2.81. The molecule has 0 saturated heterocycles. The molecule has 0 aliphatic heterocycles. The molecular formula is C9H8N2O2S2. The molecule has 0 atom stereocenters. The van der Waals surface area contributed by atoms with E-state index in [9.17, 15) is 4.79 Å². The Labute approximate surface area is 94.7 Å². The van der Waals surface area contributed by atoms with Crippen LogP contribution in [0.2, 0.25) is 0 Å². The highest BCUT2D eigenvalue weighted by atomic mass is 32.1. The summed E-state index contributed by atoms with van der Waals surface area (Å²) in [6, 6.07) is 1.63. The molecule has 2 rings (SSSR count). The van der Waals surface area contributed by atoms with Gasteiger partial charge >= 0.3 is 0 Å². The lowest BCUT2D eigenvalue weighted by Crippen LogP contribution is -1.98. The van der Waals surface area contributed by atoms with E-state index in [-0.39, 0.29) is 5.78 Å². The van der Waals surface area contributed by atoms with Gasteiger partial charge in [-0.15, -0.1) is 11.3 Å². The van der Waals surface area contributed by atoms with Gasteiger partial charge in [0.15, 0.2) is 0 Å². The molecule has 0 bridgehead atoms. The van der Waals surface area contributed by atoms with Gasteiger partial charge in [0.2, 0.25) is 11.7 Å². The van der Waals surface area contributed by atoms with Crippen molar-refractivity contribution >= 4 is 28.7 Å². The first-order valence-electron chi connectivity index (χ1n) is 4.18. The maximum absolute atomic E-state index is 11.8. The molecule has 6 heteroatoms. The molecule has 0 unspecified atom stereocenters. The predicted molar refractivity (Wildman–Crippen MR) is 58.9 cm³/mol. The van der Waals surface area contributed by atoms with Crippen LogP contribution in [-0.4, -0.2) is 22.3 Å². The van der Waals surface area contributed by atoms with Gasteiger partial charge in [0.25, 0.3) is 0 Å². The SMILES string of the molecule is COc1cc(C(=O)c2csc(C)n2)sn1. The highest BCUT2D eigenvalue weighted by Gasteiger charge is 2.15. The quantitative estimate of drug-likeness (QED) is 0.771. The number of thiazole rings is 1. The Balaban J connectivity index is 2.28. The number of ketones is 1. The maximum atomic E-state index is 11.8. The Morgan fingerprint density at radius 3 is 2.87 bits per heavy atom. The lowest BCUT2D eigenvalue weighted by atomic mass is 10.3. The van der Waals surface area contributed by atoms with Crippen LogP contribution >= 0.6 is 22.9 Å². The van der Waals surface area contributed by atoms with Gasteiger partial charge in [-0.25, -0.2) is 4.98 Å². The zero-order valence-corrected chi connectivity index (χ0v) is 9.82. The van der Waals surface area contributed by atoms with Gasteiger partial charge in [-0.3, -0.25) is 4.79 Å². The summed E-state index contributed by atoms with van der Waals surface area (Å²) in [6.07, 6.45) is 0. The molecule has 15 heavy (non-hydrogen) atoms. The Morgan fingerprint density at radius 2 is 2.33 bits per heavy atom. The van der Waals surface area contributed by atoms with E-state index in [0.717, 1.165) is 16.5 Å². The summed E-state index contributed by atoms with van der Waals surface area (Å²) in [7, 11) is 1.52. The monoisotopic (exact) mass is 240 g/mol. The van der Waals surface area contributed by atoms with E-state index in [4.69, 9.17) is 4.74 Å². The number of methoxy groups -OCH3 is 1. The summed E-state index contributed by atoms with van der Waals surface area (Å²) >= 11 is 2.59. The molecule has 78 valence electrons. The first kappa shape index (κ1) is 10.3. The van der Waals surface area contributed by atoms with Crippen molar-refractivity contribution < 1.29 is 9.53 Å². The van der Waals surface area contributed by atoms with Crippen LogP contribution in [0, 0.1) is 6.92 Å². The highest BCUT2D eigenvalue weighted by Crippen LogP contribution is 2.20. The summed E-state index contributed by atoms with van der Waals surface area (Å²) in [5.74, 6) is 0.371. The minimum atomic E-state index is -0.0971. The fourth-order valence-corrected chi connectivity index (χ4v) is 2.31. The van der Waals surface area contributed by atoms with Crippen LogP contribution in [0.1, 0.15) is 20.4 Å². The number of hydrogen-bond acceptors (Lipinski definition) is 6. The van der Waals surface area contributed by atoms with Crippen LogP contribution in [0.15, 0.2) is 11.4 Å². The topological polar surface area (TPSA) is 52.1 Å². The highest BCUT2D eigenvalue weighted by molar-refractivity contribution is 7.10. The average Bonchev–Trinajstić information content (AvgIpc) is 2.84. The fourth-order valence-electron chi connectivity index (χ4n) is 1.06. The van der Waals surface area contributed by atoms with Crippen molar-refractivity contribution in [2.24, 2.45) is 0 Å². The smallest absolute Gasteiger partial charge is 0.225 e. The molecule has 0 aliphatic rings. The minimum absolute atomic E-state index is 0.0971. The lowest BCUT2D eigenvalue weighted by molar-refractivity contribution is 0.103. The van der Waals surface area contributed by atoms with Gasteiger partial charge in [-0.2, -0.15) is 4.37 Å². The van der Waals surface area contributed by atoms with Gasteiger partial charge in [-0.1, -0.05) is 0 Å². The van der Waals surface area contributed by atoms with E-state index < -0.39 is 0 Å². The molecule has 2 aromatic rings. The molecule has 0 fully saturated rings. The first-order chi connectivity index (χ1) is 7.20. The summed E-state index contributed by atoms with van der Waals surface area (Å²) in [6.45, 7) is 1.87. The van der Waals surface area contributed by atoms with Crippen LogP contribution in [-0.2, 0) is 0 Å². The normalized spacial score (nSPS) is 10.3. The molecule has 0 N–H and O–H groups in total. The van der Waals surface area contributed by atoms with Crippen molar-refractivity contribution in [3.63, 3.8) is 0 Å². The number of carbonyl (C=O) groups is 1. The molecule has 2 aromatic heterocycles. The lowest BCUT2D eigenvalue weighted by Gasteiger charge is -1.89. The Hall–Kier alpha value is -1.27. The van der Waals surface area contributed by atoms with E-state index in [2.05, 4.69) is 9.36 Å². The van der Waals surface area contributed by atoms with Gasteiger partial charge in [0.05, 0.1) is 12.1 Å². The van der Waals surface area contributed by atoms with Gasteiger partial charge in [0.1, 0.15) is 10.6 Å². The summed E-state index contributed by atoms with van der Waals surface area (Å²) in [4.78, 5) is 16.5. The number of ether oxygens (including phenoxy) is 1. The fraction of sp³-hybridized carbons (Fsp3) is 0.222. The van der Waals surface area contributed by atoms with E-state index in [0.29, 0.717) is 16.5 Å². The predicted octanol–water partition coefficient (Wildman–Crippen LogP) is 2.15. The molecule has 0 aliphatic carbocycles. The Bertz CT molecular complexity index is 490. The molecule has 2 heterocycles. The molecule has 0 aromatic carbocycles. The number of nitrogens with zero attached hydrogens (tertiary/aromatic N) is 2. The summed E-state index contributed by atoms with van der Waals surface area (Å²) < 4.78 is 8.88. The summed E-state index contributed by atoms with van der Waals surface area (Å²) in [5, 5.41) is 2.64. The zero-order chi connectivity index (χ0) is 10.8. The number of hydrogen-bond donors (Lipinski definition) is 0. The second-order valence-corrected chi connectivity index (χ2v) is 4.68. The molecule has 0 radical (unpaired) electrons. The third-order valence-corrected chi connectivity index (χ3v) is 3.32. The van der Waals surface area contributed by atoms with Crippen LogP contribution in [0.25, 0.3) is 0 Å². The molecule has 0 spiro atoms. The van der Waals surface area contributed by atoms with Crippen molar-refractivity contribution in [3.8, 4) is 5.88 Å². The summed E-state index contributed by atoms with van der Waals surface area (Å²) in [5.41, 5.74) is 0.476. The van der Waals surface area contributed by atoms with E-state index >= 15 is 0 Å². The van der Waals surface area contributed by atoms with E-state index in [1.165, 1.54) is 18.4 Å².